The molecular formula is C31H45N3O4. The molecule has 2 atom stereocenters. The maximum atomic E-state index is 14.2. The molecule has 2 unspecified atom stereocenters. The average Bonchev–Trinajstić information content (AvgIpc) is 2.75. The third kappa shape index (κ3) is 8.07. The molecule has 3 amide bonds. The van der Waals surface area contributed by atoms with Crippen LogP contribution in [0.25, 0.3) is 0 Å². The highest BCUT2D eigenvalue weighted by atomic mass is 16.6. The molecule has 0 saturated carbocycles. The second-order valence-corrected chi connectivity index (χ2v) is 11.8. The number of carbonyl (C=O) groups excluding carboxylic acids is 3. The predicted octanol–water partition coefficient (Wildman–Crippen LogP) is 6.39. The van der Waals surface area contributed by atoms with Gasteiger partial charge in [0.2, 0.25) is 5.91 Å². The first-order valence-corrected chi connectivity index (χ1v) is 13.3. The van der Waals surface area contributed by atoms with E-state index in [1.807, 2.05) is 91.8 Å². The highest BCUT2D eigenvalue weighted by Gasteiger charge is 2.39. The maximum Gasteiger partial charge on any atom is 0.408 e. The molecule has 2 aromatic carbocycles. The zero-order valence-electron chi connectivity index (χ0n) is 24.9. The van der Waals surface area contributed by atoms with Gasteiger partial charge in [-0.25, -0.2) is 4.79 Å². The van der Waals surface area contributed by atoms with Crippen LogP contribution in [0, 0.1) is 33.6 Å². The van der Waals surface area contributed by atoms with Crippen LogP contribution < -0.4 is 10.6 Å². The minimum atomic E-state index is -0.915. The Morgan fingerprint density at radius 2 is 1.39 bits per heavy atom. The molecule has 0 aliphatic heterocycles. The molecule has 0 spiro atoms. The van der Waals surface area contributed by atoms with Gasteiger partial charge in [-0.2, -0.15) is 0 Å². The smallest absolute Gasteiger partial charge is 0.408 e. The van der Waals surface area contributed by atoms with Crippen molar-refractivity contribution >= 4 is 23.6 Å². The molecule has 2 N–H and O–H groups in total. The van der Waals surface area contributed by atoms with E-state index in [1.54, 1.807) is 25.7 Å². The number of nitrogens with one attached hydrogen (secondary N) is 2. The molecule has 208 valence electrons. The number of hydrogen-bond donors (Lipinski definition) is 2. The zero-order valence-corrected chi connectivity index (χ0v) is 24.9. The number of ether oxygens (including phenoxy) is 1. The third-order valence-corrected chi connectivity index (χ3v) is 6.23. The van der Waals surface area contributed by atoms with Gasteiger partial charge in [0.05, 0.1) is 0 Å². The standard InChI is InChI=1S/C31H45N3O4/c1-18(2)25(33-30(37)38-31(9,10)11)29(36)34(19(3)4)27(24-16-20(5)15-21(6)17-24)28(35)32-26-22(7)13-12-14-23(26)8/h12-19,25,27H,1-11H3,(H,32,35)(H,33,37). The van der Waals surface area contributed by atoms with Crippen molar-refractivity contribution < 1.29 is 19.1 Å². The number of amides is 3. The van der Waals surface area contributed by atoms with Gasteiger partial charge < -0.3 is 20.3 Å². The Kier molecular flexibility index (Phi) is 10.1. The van der Waals surface area contributed by atoms with Gasteiger partial charge in [0.1, 0.15) is 17.7 Å². The number of hydrogen-bond acceptors (Lipinski definition) is 4. The predicted molar refractivity (Wildman–Crippen MR) is 153 cm³/mol. The van der Waals surface area contributed by atoms with E-state index in [4.69, 9.17) is 4.74 Å². The highest BCUT2D eigenvalue weighted by molar-refractivity contribution is 6.00. The van der Waals surface area contributed by atoms with E-state index >= 15 is 0 Å². The van der Waals surface area contributed by atoms with Gasteiger partial charge in [0.25, 0.3) is 5.91 Å². The Balaban J connectivity index is 2.60. The molecule has 0 bridgehead atoms. The molecule has 2 aromatic rings. The van der Waals surface area contributed by atoms with Crippen molar-refractivity contribution in [1.29, 1.82) is 0 Å². The molecule has 0 heterocycles. The number of carbonyl (C=O) groups is 3. The van der Waals surface area contributed by atoms with E-state index in [0.29, 0.717) is 5.56 Å². The van der Waals surface area contributed by atoms with Gasteiger partial charge in [-0.3, -0.25) is 9.59 Å². The summed E-state index contributed by atoms with van der Waals surface area (Å²) in [6, 6.07) is 9.62. The molecular weight excluding hydrogens is 478 g/mol. The molecule has 7 heteroatoms. The first-order valence-electron chi connectivity index (χ1n) is 13.3. The van der Waals surface area contributed by atoms with Crippen molar-refractivity contribution in [3.63, 3.8) is 0 Å². The van der Waals surface area contributed by atoms with Gasteiger partial charge >= 0.3 is 6.09 Å². The number of rotatable bonds is 8. The summed E-state index contributed by atoms with van der Waals surface area (Å²) in [6.07, 6.45) is -0.670. The summed E-state index contributed by atoms with van der Waals surface area (Å²) in [6.45, 7) is 20.6. The second-order valence-electron chi connectivity index (χ2n) is 11.8. The number of alkyl carbamates (subject to hydrolysis) is 1. The Hall–Kier alpha value is -3.35. The van der Waals surface area contributed by atoms with Crippen molar-refractivity contribution in [2.24, 2.45) is 5.92 Å². The molecule has 0 aromatic heterocycles. The van der Waals surface area contributed by atoms with Crippen LogP contribution in [0.4, 0.5) is 10.5 Å². The highest BCUT2D eigenvalue weighted by Crippen LogP contribution is 2.30. The van der Waals surface area contributed by atoms with E-state index in [1.165, 1.54) is 0 Å². The van der Waals surface area contributed by atoms with Crippen molar-refractivity contribution in [3.05, 3.63) is 64.2 Å². The van der Waals surface area contributed by atoms with Crippen LogP contribution in [0.1, 0.15) is 82.3 Å². The van der Waals surface area contributed by atoms with Crippen LogP contribution >= 0.6 is 0 Å². The fourth-order valence-corrected chi connectivity index (χ4v) is 4.60. The number of aryl methyl sites for hydroxylation is 4. The topological polar surface area (TPSA) is 87.7 Å². The lowest BCUT2D eigenvalue weighted by molar-refractivity contribution is -0.143. The molecule has 0 aliphatic rings. The fourth-order valence-electron chi connectivity index (χ4n) is 4.60. The number of anilines is 1. The van der Waals surface area contributed by atoms with Crippen molar-refractivity contribution in [1.82, 2.24) is 10.2 Å². The van der Waals surface area contributed by atoms with Crippen LogP contribution in [0.2, 0.25) is 0 Å². The summed E-state index contributed by atoms with van der Waals surface area (Å²) in [5, 5.41) is 5.86. The van der Waals surface area contributed by atoms with Gasteiger partial charge in [-0.05, 0) is 84.9 Å². The summed E-state index contributed by atoms with van der Waals surface area (Å²) in [7, 11) is 0. The summed E-state index contributed by atoms with van der Waals surface area (Å²) >= 11 is 0. The quantitative estimate of drug-likeness (QED) is 0.420. The Morgan fingerprint density at radius 1 is 0.868 bits per heavy atom. The zero-order chi connectivity index (χ0) is 28.9. The molecule has 2 rings (SSSR count). The Morgan fingerprint density at radius 3 is 1.84 bits per heavy atom. The van der Waals surface area contributed by atoms with Gasteiger partial charge in [0, 0.05) is 11.7 Å². The minimum absolute atomic E-state index is 0.238. The maximum absolute atomic E-state index is 14.2. The Labute approximate surface area is 228 Å². The number of benzene rings is 2. The lowest BCUT2D eigenvalue weighted by atomic mass is 9.95. The van der Waals surface area contributed by atoms with E-state index in [0.717, 1.165) is 27.9 Å². The summed E-state index contributed by atoms with van der Waals surface area (Å²) in [5.74, 6) is -0.895. The van der Waals surface area contributed by atoms with Crippen LogP contribution in [0.15, 0.2) is 36.4 Å². The van der Waals surface area contributed by atoms with E-state index in [-0.39, 0.29) is 23.8 Å². The van der Waals surface area contributed by atoms with Crippen molar-refractivity contribution in [2.45, 2.75) is 99.9 Å². The molecule has 0 saturated heterocycles. The van der Waals surface area contributed by atoms with Crippen LogP contribution in [-0.2, 0) is 14.3 Å². The first-order chi connectivity index (χ1) is 17.5. The van der Waals surface area contributed by atoms with Crippen molar-refractivity contribution in [2.75, 3.05) is 5.32 Å². The summed E-state index contributed by atoms with van der Waals surface area (Å²) < 4.78 is 5.44. The normalized spacial score (nSPS) is 13.2. The van der Waals surface area contributed by atoms with Crippen molar-refractivity contribution in [3.8, 4) is 0 Å². The van der Waals surface area contributed by atoms with E-state index in [2.05, 4.69) is 10.6 Å². The lowest BCUT2D eigenvalue weighted by Crippen LogP contribution is -2.56. The molecule has 0 radical (unpaired) electrons. The third-order valence-electron chi connectivity index (χ3n) is 6.23. The van der Waals surface area contributed by atoms with Crippen LogP contribution in [-0.4, -0.2) is 40.5 Å². The van der Waals surface area contributed by atoms with Crippen LogP contribution in [0.5, 0.6) is 0 Å². The van der Waals surface area contributed by atoms with E-state index in [9.17, 15) is 14.4 Å². The summed E-state index contributed by atoms with van der Waals surface area (Å²) in [4.78, 5) is 42.5. The van der Waals surface area contributed by atoms with Gasteiger partial charge in [0.15, 0.2) is 0 Å². The molecule has 7 nitrogen and oxygen atoms in total. The molecule has 38 heavy (non-hydrogen) atoms. The largest absolute Gasteiger partial charge is 0.444 e. The fraction of sp³-hybridized carbons (Fsp3) is 0.516. The lowest BCUT2D eigenvalue weighted by Gasteiger charge is -2.38. The summed E-state index contributed by atoms with van der Waals surface area (Å²) in [5.41, 5.74) is 4.60. The first kappa shape index (κ1) is 30.9. The SMILES string of the molecule is Cc1cc(C)cc(C(C(=O)Nc2c(C)cccc2C)N(C(=O)C(NC(=O)OC(C)(C)C)C(C)C)C(C)C)c1. The van der Waals surface area contributed by atoms with E-state index < -0.39 is 23.8 Å². The second kappa shape index (κ2) is 12.5. The molecule has 0 fully saturated rings. The number of para-hydroxylation sites is 1. The minimum Gasteiger partial charge on any atom is -0.444 e. The monoisotopic (exact) mass is 523 g/mol. The Bertz CT molecular complexity index is 1120. The average molecular weight is 524 g/mol. The molecule has 0 aliphatic carbocycles. The van der Waals surface area contributed by atoms with Gasteiger partial charge in [-0.15, -0.1) is 0 Å². The van der Waals surface area contributed by atoms with Gasteiger partial charge in [-0.1, -0.05) is 61.4 Å². The van der Waals surface area contributed by atoms with Crippen LogP contribution in [0.3, 0.4) is 0 Å². The number of nitrogens with zero attached hydrogens (tertiary/aromatic N) is 1.